The molecule has 0 unspecified atom stereocenters. The van der Waals surface area contributed by atoms with Crippen molar-refractivity contribution in [2.45, 2.75) is 18.9 Å². The third-order valence-corrected chi connectivity index (χ3v) is 5.13. The molecule has 24 heavy (non-hydrogen) atoms. The lowest BCUT2D eigenvalue weighted by atomic mass is 10.1. The van der Waals surface area contributed by atoms with Crippen molar-refractivity contribution in [3.05, 3.63) is 47.2 Å². The van der Waals surface area contributed by atoms with Gasteiger partial charge in [-0.25, -0.2) is 9.67 Å². The average molecular weight is 342 g/mol. The number of ether oxygens (including phenoxy) is 2. The Morgan fingerprint density at radius 2 is 2.29 bits per heavy atom. The van der Waals surface area contributed by atoms with Gasteiger partial charge in [0.2, 0.25) is 0 Å². The second kappa shape index (κ2) is 6.70. The van der Waals surface area contributed by atoms with Crippen molar-refractivity contribution in [1.29, 1.82) is 0 Å². The second-order valence-electron chi connectivity index (χ2n) is 5.73. The van der Waals surface area contributed by atoms with Crippen LogP contribution < -0.4 is 4.74 Å². The van der Waals surface area contributed by atoms with E-state index in [4.69, 9.17) is 9.47 Å². The molecule has 1 aliphatic rings. The molecule has 3 heterocycles. The number of para-hydroxylation sites is 1. The fourth-order valence-corrected chi connectivity index (χ4v) is 3.77. The van der Waals surface area contributed by atoms with Gasteiger partial charge in [-0.3, -0.25) is 0 Å². The topological polar surface area (TPSA) is 62.1 Å². The minimum absolute atomic E-state index is 0.379. The second-order valence-corrected chi connectivity index (χ2v) is 6.85. The van der Waals surface area contributed by atoms with Crippen molar-refractivity contribution in [2.75, 3.05) is 20.3 Å². The first-order valence-corrected chi connectivity index (χ1v) is 8.71. The summed E-state index contributed by atoms with van der Waals surface area (Å²) in [7, 11) is 1.68. The summed E-state index contributed by atoms with van der Waals surface area (Å²) in [5, 5.41) is 9.47. The van der Waals surface area contributed by atoms with Crippen LogP contribution >= 0.6 is 11.3 Å². The fourth-order valence-electron chi connectivity index (χ4n) is 2.83. The first-order chi connectivity index (χ1) is 11.8. The highest BCUT2D eigenvalue weighted by Gasteiger charge is 2.21. The SMILES string of the molecule is COc1ccccc1-c1ncc(Cn2cc([C@H]3CCOC3)nn2)s1. The summed E-state index contributed by atoms with van der Waals surface area (Å²) in [6.45, 7) is 2.24. The molecule has 4 rings (SSSR count). The summed E-state index contributed by atoms with van der Waals surface area (Å²) in [4.78, 5) is 5.67. The minimum atomic E-state index is 0.379. The van der Waals surface area contributed by atoms with Crippen molar-refractivity contribution in [3.8, 4) is 16.3 Å². The van der Waals surface area contributed by atoms with E-state index in [0.717, 1.165) is 46.5 Å². The van der Waals surface area contributed by atoms with Gasteiger partial charge in [0.05, 0.1) is 31.5 Å². The Balaban J connectivity index is 1.51. The Morgan fingerprint density at radius 1 is 1.38 bits per heavy atom. The molecule has 0 bridgehead atoms. The number of aromatic nitrogens is 4. The minimum Gasteiger partial charge on any atom is -0.496 e. The lowest BCUT2D eigenvalue weighted by molar-refractivity contribution is 0.193. The maximum Gasteiger partial charge on any atom is 0.129 e. The summed E-state index contributed by atoms with van der Waals surface area (Å²) < 4.78 is 12.7. The molecule has 3 aromatic rings. The molecule has 1 fully saturated rings. The van der Waals surface area contributed by atoms with Crippen LogP contribution in [0.25, 0.3) is 10.6 Å². The van der Waals surface area contributed by atoms with Gasteiger partial charge in [-0.05, 0) is 18.6 Å². The van der Waals surface area contributed by atoms with Gasteiger partial charge in [0, 0.05) is 29.8 Å². The molecular formula is C17H18N4O2S. The highest BCUT2D eigenvalue weighted by atomic mass is 32.1. The normalized spacial score (nSPS) is 17.3. The number of benzene rings is 1. The van der Waals surface area contributed by atoms with Crippen LogP contribution in [0.4, 0.5) is 0 Å². The number of hydrogen-bond donors (Lipinski definition) is 0. The Labute approximate surface area is 144 Å². The number of nitrogens with zero attached hydrogens (tertiary/aromatic N) is 4. The Bertz CT molecular complexity index is 823. The predicted octanol–water partition coefficient (Wildman–Crippen LogP) is 2.96. The van der Waals surface area contributed by atoms with Gasteiger partial charge in [-0.15, -0.1) is 16.4 Å². The standard InChI is InChI=1S/C17H18N4O2S/c1-22-16-5-3-2-4-14(16)17-18-8-13(24-17)9-21-10-15(19-20-21)12-6-7-23-11-12/h2-5,8,10,12H,6-7,9,11H2,1H3/t12-/m0/s1. The van der Waals surface area contributed by atoms with Crippen LogP contribution in [0.1, 0.15) is 22.9 Å². The van der Waals surface area contributed by atoms with Crippen LogP contribution in [0.3, 0.4) is 0 Å². The van der Waals surface area contributed by atoms with Gasteiger partial charge in [0.1, 0.15) is 10.8 Å². The highest BCUT2D eigenvalue weighted by molar-refractivity contribution is 7.15. The molecule has 0 spiro atoms. The zero-order chi connectivity index (χ0) is 16.4. The van der Waals surface area contributed by atoms with Crippen LogP contribution in [0.15, 0.2) is 36.7 Å². The van der Waals surface area contributed by atoms with Crippen LogP contribution in [-0.2, 0) is 11.3 Å². The molecule has 2 aromatic heterocycles. The van der Waals surface area contributed by atoms with Crippen molar-refractivity contribution < 1.29 is 9.47 Å². The molecule has 0 amide bonds. The molecule has 0 N–H and O–H groups in total. The summed E-state index contributed by atoms with van der Waals surface area (Å²) in [5.74, 6) is 1.21. The van der Waals surface area contributed by atoms with E-state index < -0.39 is 0 Å². The molecule has 1 saturated heterocycles. The summed E-state index contributed by atoms with van der Waals surface area (Å²) in [5.41, 5.74) is 2.03. The molecule has 1 aliphatic heterocycles. The van der Waals surface area contributed by atoms with Gasteiger partial charge in [-0.1, -0.05) is 17.3 Å². The third-order valence-electron chi connectivity index (χ3n) is 4.11. The van der Waals surface area contributed by atoms with Gasteiger partial charge in [0.25, 0.3) is 0 Å². The highest BCUT2D eigenvalue weighted by Crippen LogP contribution is 2.33. The molecule has 1 atom stereocenters. The first kappa shape index (κ1) is 15.3. The first-order valence-electron chi connectivity index (χ1n) is 7.89. The molecule has 7 heteroatoms. The van der Waals surface area contributed by atoms with Crippen LogP contribution in [0, 0.1) is 0 Å². The summed E-state index contributed by atoms with van der Waals surface area (Å²) in [6.07, 6.45) is 4.94. The van der Waals surface area contributed by atoms with E-state index in [-0.39, 0.29) is 0 Å². The van der Waals surface area contributed by atoms with Crippen LogP contribution in [-0.4, -0.2) is 40.3 Å². The lowest BCUT2D eigenvalue weighted by Gasteiger charge is -2.04. The smallest absolute Gasteiger partial charge is 0.129 e. The van der Waals surface area contributed by atoms with Crippen molar-refractivity contribution in [1.82, 2.24) is 20.0 Å². The quantitative estimate of drug-likeness (QED) is 0.713. The molecular weight excluding hydrogens is 324 g/mol. The number of methoxy groups -OCH3 is 1. The van der Waals surface area contributed by atoms with Crippen LogP contribution in [0.5, 0.6) is 5.75 Å². The zero-order valence-electron chi connectivity index (χ0n) is 13.4. The lowest BCUT2D eigenvalue weighted by Crippen LogP contribution is -1.99. The molecule has 0 radical (unpaired) electrons. The number of thiazole rings is 1. The zero-order valence-corrected chi connectivity index (χ0v) is 14.2. The molecule has 0 aliphatic carbocycles. The maximum absolute atomic E-state index is 5.42. The fraction of sp³-hybridized carbons (Fsp3) is 0.353. The molecule has 124 valence electrons. The van der Waals surface area contributed by atoms with Gasteiger partial charge < -0.3 is 9.47 Å². The molecule has 6 nitrogen and oxygen atoms in total. The maximum atomic E-state index is 5.42. The Hall–Kier alpha value is -2.25. The average Bonchev–Trinajstić information content (AvgIpc) is 3.36. The van der Waals surface area contributed by atoms with E-state index in [9.17, 15) is 0 Å². The molecule has 1 aromatic carbocycles. The number of rotatable bonds is 5. The van der Waals surface area contributed by atoms with E-state index in [2.05, 4.69) is 15.3 Å². The van der Waals surface area contributed by atoms with E-state index in [0.29, 0.717) is 12.5 Å². The van der Waals surface area contributed by atoms with Gasteiger partial charge in [0.15, 0.2) is 0 Å². The van der Waals surface area contributed by atoms with E-state index >= 15 is 0 Å². The van der Waals surface area contributed by atoms with Crippen LogP contribution in [0.2, 0.25) is 0 Å². The van der Waals surface area contributed by atoms with E-state index in [1.165, 1.54) is 0 Å². The largest absolute Gasteiger partial charge is 0.496 e. The summed E-state index contributed by atoms with van der Waals surface area (Å²) in [6, 6.07) is 7.92. The third kappa shape index (κ3) is 3.05. The van der Waals surface area contributed by atoms with Gasteiger partial charge in [-0.2, -0.15) is 0 Å². The van der Waals surface area contributed by atoms with E-state index in [1.807, 2.05) is 41.3 Å². The summed E-state index contributed by atoms with van der Waals surface area (Å²) >= 11 is 1.65. The Morgan fingerprint density at radius 3 is 3.12 bits per heavy atom. The van der Waals surface area contributed by atoms with E-state index in [1.54, 1.807) is 18.4 Å². The van der Waals surface area contributed by atoms with Crippen molar-refractivity contribution in [2.24, 2.45) is 0 Å². The van der Waals surface area contributed by atoms with Gasteiger partial charge >= 0.3 is 0 Å². The number of hydrogen-bond acceptors (Lipinski definition) is 6. The molecule has 0 saturated carbocycles. The van der Waals surface area contributed by atoms with Crippen molar-refractivity contribution in [3.63, 3.8) is 0 Å². The van der Waals surface area contributed by atoms with Crippen molar-refractivity contribution >= 4 is 11.3 Å². The predicted molar refractivity (Wildman–Crippen MR) is 91.4 cm³/mol. The Kier molecular flexibility index (Phi) is 4.27. The monoisotopic (exact) mass is 342 g/mol.